The minimum absolute atomic E-state index is 0.295. The topological polar surface area (TPSA) is 87.7 Å². The minimum Gasteiger partial charge on any atom is -0.489 e. The third-order valence-electron chi connectivity index (χ3n) is 5.05. The predicted molar refractivity (Wildman–Crippen MR) is 118 cm³/mol. The number of nitrogens with zero attached hydrogens (tertiary/aromatic N) is 6. The highest BCUT2D eigenvalue weighted by Crippen LogP contribution is 2.27. The highest BCUT2D eigenvalue weighted by Gasteiger charge is 2.15. The van der Waals surface area contributed by atoms with Gasteiger partial charge in [0.05, 0.1) is 11.4 Å². The zero-order valence-corrected chi connectivity index (χ0v) is 18.2. The fourth-order valence-corrected chi connectivity index (χ4v) is 3.47. The second-order valence-corrected chi connectivity index (χ2v) is 7.46. The molecular weight excluding hydrogens is 416 g/mol. The molecule has 0 fully saturated rings. The molecule has 0 aliphatic rings. The van der Waals surface area contributed by atoms with Gasteiger partial charge in [-0.15, -0.1) is 10.2 Å². The highest BCUT2D eigenvalue weighted by molar-refractivity contribution is 6.29. The zero-order chi connectivity index (χ0) is 22.0. The number of ether oxygens (including phenoxy) is 1. The number of halogens is 1. The Kier molecular flexibility index (Phi) is 5.81. The van der Waals surface area contributed by atoms with Crippen molar-refractivity contribution in [3.63, 3.8) is 0 Å². The van der Waals surface area contributed by atoms with Gasteiger partial charge < -0.3 is 4.74 Å². The Labute approximate surface area is 184 Å². The van der Waals surface area contributed by atoms with Crippen molar-refractivity contribution in [2.24, 2.45) is 7.05 Å². The van der Waals surface area contributed by atoms with Gasteiger partial charge in [-0.05, 0) is 71.3 Å². The third-order valence-corrected chi connectivity index (χ3v) is 5.26. The van der Waals surface area contributed by atoms with Gasteiger partial charge in [-0.1, -0.05) is 30.7 Å². The first-order valence-electron chi connectivity index (χ1n) is 9.81. The molecule has 0 N–H and O–H groups in total. The summed E-state index contributed by atoms with van der Waals surface area (Å²) >= 11 is 5.82. The van der Waals surface area contributed by atoms with Crippen molar-refractivity contribution in [2.45, 2.75) is 26.9 Å². The van der Waals surface area contributed by atoms with Crippen molar-refractivity contribution in [3.8, 4) is 22.7 Å². The van der Waals surface area contributed by atoms with Crippen LogP contribution in [-0.2, 0) is 20.1 Å². The van der Waals surface area contributed by atoms with E-state index in [1.807, 2.05) is 49.4 Å². The van der Waals surface area contributed by atoms with Gasteiger partial charge in [0.1, 0.15) is 12.4 Å². The van der Waals surface area contributed by atoms with Crippen LogP contribution in [0.2, 0.25) is 5.15 Å². The summed E-state index contributed by atoms with van der Waals surface area (Å²) in [5, 5.41) is 16.2. The molecule has 0 aliphatic carbocycles. The summed E-state index contributed by atoms with van der Waals surface area (Å²) in [6.45, 7) is 4.33. The zero-order valence-electron chi connectivity index (χ0n) is 17.4. The second-order valence-electron chi connectivity index (χ2n) is 7.08. The van der Waals surface area contributed by atoms with E-state index in [9.17, 15) is 4.79 Å². The Balaban J connectivity index is 1.63. The molecule has 9 heteroatoms. The fourth-order valence-electron chi connectivity index (χ4n) is 3.37. The maximum Gasteiger partial charge on any atom is 0.368 e. The van der Waals surface area contributed by atoms with Crippen molar-refractivity contribution >= 4 is 11.6 Å². The van der Waals surface area contributed by atoms with Gasteiger partial charge in [-0.3, -0.25) is 0 Å². The largest absolute Gasteiger partial charge is 0.489 e. The number of rotatable bonds is 6. The first kappa shape index (κ1) is 20.7. The molecular formula is C22H21ClN6O2. The Morgan fingerprint density at radius 2 is 1.90 bits per heavy atom. The van der Waals surface area contributed by atoms with Gasteiger partial charge in [-0.25, -0.2) is 4.79 Å². The molecule has 4 rings (SSSR count). The summed E-state index contributed by atoms with van der Waals surface area (Å²) in [6, 6.07) is 15.2. The van der Waals surface area contributed by atoms with Gasteiger partial charge in [0.2, 0.25) is 0 Å². The van der Waals surface area contributed by atoms with Crippen molar-refractivity contribution in [2.75, 3.05) is 0 Å². The highest BCUT2D eigenvalue weighted by atomic mass is 35.5. The molecule has 0 saturated heterocycles. The van der Waals surface area contributed by atoms with Gasteiger partial charge in [-0.2, -0.15) is 9.36 Å². The average Bonchev–Trinajstić information content (AvgIpc) is 3.11. The van der Waals surface area contributed by atoms with Crippen molar-refractivity contribution in [1.82, 2.24) is 30.0 Å². The van der Waals surface area contributed by atoms with Crippen molar-refractivity contribution in [3.05, 3.63) is 80.9 Å². The summed E-state index contributed by atoms with van der Waals surface area (Å²) in [5.74, 6) is 0.744. The summed E-state index contributed by atoms with van der Waals surface area (Å²) in [6.07, 6.45) is 0.800. The first-order chi connectivity index (χ1) is 15.0. The van der Waals surface area contributed by atoms with E-state index in [4.69, 9.17) is 16.3 Å². The molecule has 2 aromatic heterocycles. The summed E-state index contributed by atoms with van der Waals surface area (Å²) in [4.78, 5) is 12.4. The lowest BCUT2D eigenvalue weighted by Crippen LogP contribution is -2.23. The Morgan fingerprint density at radius 3 is 2.55 bits per heavy atom. The normalized spacial score (nSPS) is 11.0. The smallest absolute Gasteiger partial charge is 0.368 e. The van der Waals surface area contributed by atoms with Crippen LogP contribution in [0, 0.1) is 6.92 Å². The van der Waals surface area contributed by atoms with Crippen LogP contribution < -0.4 is 10.4 Å². The van der Waals surface area contributed by atoms with E-state index in [1.165, 1.54) is 9.36 Å². The van der Waals surface area contributed by atoms with E-state index in [-0.39, 0.29) is 5.69 Å². The average molecular weight is 437 g/mol. The first-order valence-corrected chi connectivity index (χ1v) is 10.2. The molecule has 2 heterocycles. The lowest BCUT2D eigenvalue weighted by Gasteiger charge is -2.15. The van der Waals surface area contributed by atoms with Crippen LogP contribution >= 0.6 is 11.6 Å². The number of hydrogen-bond acceptors (Lipinski definition) is 6. The van der Waals surface area contributed by atoms with Crippen LogP contribution in [0.25, 0.3) is 16.9 Å². The molecule has 0 atom stereocenters. The van der Waals surface area contributed by atoms with E-state index in [2.05, 4.69) is 27.5 Å². The van der Waals surface area contributed by atoms with E-state index in [0.717, 1.165) is 40.1 Å². The molecule has 4 aromatic rings. The molecule has 8 nitrogen and oxygen atoms in total. The van der Waals surface area contributed by atoms with E-state index in [1.54, 1.807) is 13.1 Å². The molecule has 0 spiro atoms. The molecule has 0 saturated carbocycles. The van der Waals surface area contributed by atoms with E-state index >= 15 is 0 Å². The third kappa shape index (κ3) is 4.20. The minimum atomic E-state index is -0.306. The number of benzene rings is 2. The maximum absolute atomic E-state index is 12.4. The van der Waals surface area contributed by atoms with Crippen LogP contribution in [-0.4, -0.2) is 30.0 Å². The summed E-state index contributed by atoms with van der Waals surface area (Å²) < 4.78 is 8.66. The number of hydrogen-bond donors (Lipinski definition) is 0. The standard InChI is InChI=1S/C22H21ClN6O2/c1-4-15-6-5-7-19(29-22(30)28(3)26-27-29)17(15)13-31-20-10-8-16(12-14(20)2)18-9-11-21(23)25-24-18/h5-12H,4,13H2,1-3H3. The van der Waals surface area contributed by atoms with Crippen LogP contribution in [0.1, 0.15) is 23.6 Å². The molecule has 31 heavy (non-hydrogen) atoms. The maximum atomic E-state index is 12.4. The second kappa shape index (κ2) is 8.69. The lowest BCUT2D eigenvalue weighted by atomic mass is 10.0. The van der Waals surface area contributed by atoms with Crippen LogP contribution in [0.15, 0.2) is 53.3 Å². The number of tetrazole rings is 1. The summed E-state index contributed by atoms with van der Waals surface area (Å²) in [7, 11) is 1.57. The number of aromatic nitrogens is 6. The Bertz CT molecular complexity index is 1280. The summed E-state index contributed by atoms with van der Waals surface area (Å²) in [5.41, 5.74) is 4.97. The van der Waals surface area contributed by atoms with Crippen molar-refractivity contribution < 1.29 is 4.74 Å². The molecule has 0 amide bonds. The Morgan fingerprint density at radius 1 is 1.06 bits per heavy atom. The molecule has 0 unspecified atom stereocenters. The van der Waals surface area contributed by atoms with E-state index in [0.29, 0.717) is 17.4 Å². The predicted octanol–water partition coefficient (Wildman–Crippen LogP) is 3.53. The van der Waals surface area contributed by atoms with Crippen LogP contribution in [0.5, 0.6) is 5.75 Å². The molecule has 0 bridgehead atoms. The van der Waals surface area contributed by atoms with Crippen LogP contribution in [0.4, 0.5) is 0 Å². The molecule has 0 radical (unpaired) electrons. The molecule has 0 aliphatic heterocycles. The van der Waals surface area contributed by atoms with Crippen LogP contribution in [0.3, 0.4) is 0 Å². The van der Waals surface area contributed by atoms with Crippen molar-refractivity contribution in [1.29, 1.82) is 0 Å². The SMILES string of the molecule is CCc1cccc(-n2nnn(C)c2=O)c1COc1ccc(-c2ccc(Cl)nn2)cc1C. The lowest BCUT2D eigenvalue weighted by molar-refractivity contribution is 0.302. The van der Waals surface area contributed by atoms with Gasteiger partial charge in [0.15, 0.2) is 5.15 Å². The number of aryl methyl sites for hydroxylation is 3. The van der Waals surface area contributed by atoms with Gasteiger partial charge >= 0.3 is 5.69 Å². The molecule has 2 aromatic carbocycles. The Hall–Kier alpha value is -3.52. The van der Waals surface area contributed by atoms with Gasteiger partial charge in [0.25, 0.3) is 0 Å². The quantitative estimate of drug-likeness (QED) is 0.459. The van der Waals surface area contributed by atoms with E-state index < -0.39 is 0 Å². The molecule has 158 valence electrons. The van der Waals surface area contributed by atoms with Gasteiger partial charge in [0, 0.05) is 18.2 Å². The fraction of sp³-hybridized carbons (Fsp3) is 0.227. The monoisotopic (exact) mass is 436 g/mol.